The molecule has 0 saturated carbocycles. The summed E-state index contributed by atoms with van der Waals surface area (Å²) in [6.45, 7) is 1.04. The van der Waals surface area contributed by atoms with E-state index in [1.807, 2.05) is 24.3 Å². The second kappa shape index (κ2) is 7.33. The van der Waals surface area contributed by atoms with Gasteiger partial charge in [-0.25, -0.2) is 9.18 Å². The number of imidazole rings is 1. The predicted molar refractivity (Wildman–Crippen MR) is 111 cm³/mol. The Hall–Kier alpha value is -3.61. The monoisotopic (exact) mass is 405 g/mol. The number of fused-ring (bicyclic) bond motifs is 1. The zero-order chi connectivity index (χ0) is 20.7. The highest BCUT2D eigenvalue weighted by Crippen LogP contribution is 2.28. The van der Waals surface area contributed by atoms with E-state index in [9.17, 15) is 14.0 Å². The average molecular weight is 405 g/mol. The second-order valence-electron chi connectivity index (χ2n) is 7.48. The summed E-state index contributed by atoms with van der Waals surface area (Å²) in [6.07, 6.45) is 1.35. The molecule has 0 unspecified atom stereocenters. The molecule has 1 aliphatic heterocycles. The first-order valence-corrected chi connectivity index (χ1v) is 9.95. The number of furan rings is 1. The first kappa shape index (κ1) is 18.4. The molecule has 6 nitrogen and oxygen atoms in total. The number of amides is 1. The molecule has 4 aromatic rings. The maximum Gasteiger partial charge on any atom is 0.326 e. The van der Waals surface area contributed by atoms with E-state index in [0.717, 1.165) is 11.0 Å². The quantitative estimate of drug-likeness (QED) is 0.555. The third-order valence-corrected chi connectivity index (χ3v) is 5.70. The van der Waals surface area contributed by atoms with E-state index < -0.39 is 5.82 Å². The van der Waals surface area contributed by atoms with Gasteiger partial charge in [-0.05, 0) is 49.2 Å². The van der Waals surface area contributed by atoms with Crippen molar-refractivity contribution in [2.45, 2.75) is 18.9 Å². The van der Waals surface area contributed by atoms with Crippen molar-refractivity contribution in [1.29, 1.82) is 0 Å². The zero-order valence-electron chi connectivity index (χ0n) is 16.2. The van der Waals surface area contributed by atoms with Crippen LogP contribution in [0.1, 0.15) is 29.4 Å². The lowest BCUT2D eigenvalue weighted by atomic mass is 10.0. The van der Waals surface area contributed by atoms with Crippen molar-refractivity contribution in [2.24, 2.45) is 0 Å². The molecule has 1 fully saturated rings. The van der Waals surface area contributed by atoms with Crippen LogP contribution in [0.3, 0.4) is 0 Å². The fourth-order valence-corrected chi connectivity index (χ4v) is 4.18. The molecular weight excluding hydrogens is 385 g/mol. The molecule has 3 heterocycles. The van der Waals surface area contributed by atoms with Gasteiger partial charge >= 0.3 is 5.69 Å². The van der Waals surface area contributed by atoms with E-state index in [1.165, 1.54) is 6.07 Å². The highest BCUT2D eigenvalue weighted by molar-refractivity contribution is 5.92. The third-order valence-electron chi connectivity index (χ3n) is 5.70. The van der Waals surface area contributed by atoms with Gasteiger partial charge in [0.25, 0.3) is 5.91 Å². The van der Waals surface area contributed by atoms with Crippen molar-refractivity contribution in [2.75, 3.05) is 13.1 Å². The standard InChI is InChI=1S/C23H20FN3O3/c24-17-6-2-1-5-16(17)20-9-10-21(30-20)22(28)26-13-11-15(12-14-26)27-19-8-4-3-7-18(19)25-23(27)29/h1-10,15H,11-14H2,(H,25,29). The van der Waals surface area contributed by atoms with Crippen LogP contribution in [0.5, 0.6) is 0 Å². The lowest BCUT2D eigenvalue weighted by molar-refractivity contribution is 0.0664. The molecule has 152 valence electrons. The number of likely N-dealkylation sites (tertiary alicyclic amines) is 1. The minimum atomic E-state index is -0.393. The van der Waals surface area contributed by atoms with Crippen molar-refractivity contribution >= 4 is 16.9 Å². The molecule has 1 saturated heterocycles. The number of H-pyrrole nitrogens is 1. The number of nitrogens with one attached hydrogen (secondary N) is 1. The van der Waals surface area contributed by atoms with Gasteiger partial charge in [0, 0.05) is 19.1 Å². The van der Waals surface area contributed by atoms with Crippen LogP contribution in [0.4, 0.5) is 4.39 Å². The summed E-state index contributed by atoms with van der Waals surface area (Å²) in [5.41, 5.74) is 1.90. The number of aromatic nitrogens is 2. The Labute approximate surface area is 171 Å². The lowest BCUT2D eigenvalue weighted by Crippen LogP contribution is -2.40. The topological polar surface area (TPSA) is 71.2 Å². The van der Waals surface area contributed by atoms with Gasteiger partial charge in [-0.2, -0.15) is 0 Å². The first-order chi connectivity index (χ1) is 14.6. The van der Waals surface area contributed by atoms with E-state index in [1.54, 1.807) is 39.8 Å². The van der Waals surface area contributed by atoms with E-state index in [2.05, 4.69) is 4.98 Å². The maximum atomic E-state index is 14.0. The molecule has 30 heavy (non-hydrogen) atoms. The Morgan fingerprint density at radius 1 is 1.00 bits per heavy atom. The molecular formula is C23H20FN3O3. The van der Waals surface area contributed by atoms with Gasteiger partial charge in [-0.3, -0.25) is 9.36 Å². The molecule has 0 atom stereocenters. The molecule has 2 aromatic carbocycles. The number of aromatic amines is 1. The molecule has 7 heteroatoms. The molecule has 0 spiro atoms. The summed E-state index contributed by atoms with van der Waals surface area (Å²) in [4.78, 5) is 29.9. The number of para-hydroxylation sites is 2. The second-order valence-corrected chi connectivity index (χ2v) is 7.48. The third kappa shape index (κ3) is 3.12. The minimum Gasteiger partial charge on any atom is -0.451 e. The van der Waals surface area contributed by atoms with E-state index in [-0.39, 0.29) is 23.4 Å². The van der Waals surface area contributed by atoms with E-state index in [0.29, 0.717) is 37.3 Å². The van der Waals surface area contributed by atoms with Crippen LogP contribution >= 0.6 is 0 Å². The average Bonchev–Trinajstić information content (AvgIpc) is 3.38. The smallest absolute Gasteiger partial charge is 0.326 e. The number of halogens is 1. The summed E-state index contributed by atoms with van der Waals surface area (Å²) >= 11 is 0. The molecule has 0 radical (unpaired) electrons. The molecule has 0 aliphatic carbocycles. The van der Waals surface area contributed by atoms with Gasteiger partial charge in [0.05, 0.1) is 16.6 Å². The number of rotatable bonds is 3. The van der Waals surface area contributed by atoms with Crippen LogP contribution < -0.4 is 5.69 Å². The van der Waals surface area contributed by atoms with Crippen molar-refractivity contribution < 1.29 is 13.6 Å². The van der Waals surface area contributed by atoms with Crippen LogP contribution in [-0.2, 0) is 0 Å². The Balaban J connectivity index is 1.31. The molecule has 1 N–H and O–H groups in total. The zero-order valence-corrected chi connectivity index (χ0v) is 16.2. The molecule has 0 bridgehead atoms. The van der Waals surface area contributed by atoms with Gasteiger partial charge in [0.15, 0.2) is 5.76 Å². The highest BCUT2D eigenvalue weighted by atomic mass is 19.1. The van der Waals surface area contributed by atoms with Crippen LogP contribution in [-0.4, -0.2) is 33.4 Å². The van der Waals surface area contributed by atoms with Crippen LogP contribution in [0.2, 0.25) is 0 Å². The number of carbonyl (C=O) groups excluding carboxylic acids is 1. The van der Waals surface area contributed by atoms with Crippen LogP contribution in [0.15, 0.2) is 69.9 Å². The lowest BCUT2D eigenvalue weighted by Gasteiger charge is -2.32. The Bertz CT molecular complexity index is 1280. The highest BCUT2D eigenvalue weighted by Gasteiger charge is 2.28. The van der Waals surface area contributed by atoms with E-state index >= 15 is 0 Å². The van der Waals surface area contributed by atoms with Crippen molar-refractivity contribution in [3.63, 3.8) is 0 Å². The minimum absolute atomic E-state index is 0.0308. The normalized spacial score (nSPS) is 15.0. The molecule has 1 aliphatic rings. The molecule has 1 amide bonds. The molecule has 5 rings (SSSR count). The van der Waals surface area contributed by atoms with Gasteiger partial charge in [-0.1, -0.05) is 24.3 Å². The summed E-state index contributed by atoms with van der Waals surface area (Å²) in [5.74, 6) is -0.0919. The number of nitrogens with zero attached hydrogens (tertiary/aromatic N) is 2. The number of hydrogen-bond acceptors (Lipinski definition) is 3. The predicted octanol–water partition coefficient (Wildman–Crippen LogP) is 4.21. The van der Waals surface area contributed by atoms with Gasteiger partial charge in [0.2, 0.25) is 0 Å². The summed E-state index contributed by atoms with van der Waals surface area (Å²) in [5, 5.41) is 0. The van der Waals surface area contributed by atoms with Crippen molar-refractivity contribution in [3.8, 4) is 11.3 Å². The van der Waals surface area contributed by atoms with Crippen molar-refractivity contribution in [3.05, 3.63) is 82.7 Å². The Morgan fingerprint density at radius 3 is 2.53 bits per heavy atom. The van der Waals surface area contributed by atoms with Crippen LogP contribution in [0.25, 0.3) is 22.4 Å². The summed E-state index contributed by atoms with van der Waals surface area (Å²) in [6, 6.07) is 17.2. The van der Waals surface area contributed by atoms with Crippen molar-refractivity contribution in [1.82, 2.24) is 14.5 Å². The van der Waals surface area contributed by atoms with Crippen LogP contribution in [0, 0.1) is 5.82 Å². The maximum absolute atomic E-state index is 14.0. The van der Waals surface area contributed by atoms with E-state index in [4.69, 9.17) is 4.42 Å². The summed E-state index contributed by atoms with van der Waals surface area (Å²) in [7, 11) is 0. The number of benzene rings is 2. The van der Waals surface area contributed by atoms with Gasteiger partial charge in [0.1, 0.15) is 11.6 Å². The number of piperidine rings is 1. The fourth-order valence-electron chi connectivity index (χ4n) is 4.18. The first-order valence-electron chi connectivity index (χ1n) is 9.95. The number of carbonyl (C=O) groups is 1. The number of hydrogen-bond donors (Lipinski definition) is 1. The Kier molecular flexibility index (Phi) is 4.50. The fraction of sp³-hybridized carbons (Fsp3) is 0.217. The summed E-state index contributed by atoms with van der Waals surface area (Å²) < 4.78 is 21.4. The van der Waals surface area contributed by atoms with Gasteiger partial charge < -0.3 is 14.3 Å². The Morgan fingerprint density at radius 2 is 1.73 bits per heavy atom. The van der Waals surface area contributed by atoms with Gasteiger partial charge in [-0.15, -0.1) is 0 Å². The molecule has 2 aromatic heterocycles. The largest absolute Gasteiger partial charge is 0.451 e. The SMILES string of the molecule is O=C(c1ccc(-c2ccccc2F)o1)N1CCC(n2c(=O)[nH]c3ccccc32)CC1.